The molecule has 1 amide bonds. The van der Waals surface area contributed by atoms with Crippen LogP contribution in [0.5, 0.6) is 5.75 Å². The average molecular weight is 608 g/mol. The van der Waals surface area contributed by atoms with Crippen LogP contribution < -0.4 is 15.0 Å². The van der Waals surface area contributed by atoms with E-state index in [-0.39, 0.29) is 12.5 Å². The lowest BCUT2D eigenvalue weighted by molar-refractivity contribution is -0.118. The number of carbonyl (C=O) groups excluding carboxylic acids is 1. The van der Waals surface area contributed by atoms with Gasteiger partial charge in [-0.1, -0.05) is 45.7 Å². The molecule has 8 heteroatoms. The van der Waals surface area contributed by atoms with Gasteiger partial charge >= 0.3 is 0 Å². The number of benzene rings is 3. The van der Waals surface area contributed by atoms with Crippen LogP contribution in [0.4, 0.5) is 11.4 Å². The van der Waals surface area contributed by atoms with Gasteiger partial charge in [-0.25, -0.2) is 0 Å². The van der Waals surface area contributed by atoms with Gasteiger partial charge in [-0.3, -0.25) is 9.69 Å². The van der Waals surface area contributed by atoms with E-state index < -0.39 is 0 Å². The minimum Gasteiger partial charge on any atom is -0.482 e. The van der Waals surface area contributed by atoms with Crippen LogP contribution in [0.1, 0.15) is 11.1 Å². The van der Waals surface area contributed by atoms with Crippen molar-refractivity contribution in [2.75, 3.05) is 43.0 Å². The summed E-state index contributed by atoms with van der Waals surface area (Å²) in [5.41, 5.74) is 4.03. The van der Waals surface area contributed by atoms with Crippen LogP contribution in [0.15, 0.2) is 69.6 Å². The number of hydrogen-bond acceptors (Lipinski definition) is 4. The van der Waals surface area contributed by atoms with E-state index in [1.165, 1.54) is 5.56 Å². The number of ether oxygens (including phenoxy) is 1. The number of aryl methyl sites for hydroxylation is 1. The molecule has 0 unspecified atom stereocenters. The predicted octanol–water partition coefficient (Wildman–Crippen LogP) is 6.51. The molecule has 1 N–H and O–H groups in total. The second-order valence-electron chi connectivity index (χ2n) is 8.27. The molecule has 0 atom stereocenters. The van der Waals surface area contributed by atoms with Crippen LogP contribution in [0, 0.1) is 6.92 Å². The summed E-state index contributed by atoms with van der Waals surface area (Å²) in [5, 5.41) is 3.73. The standard InChI is InChI=1S/C26H26Br2ClN3O2/c1-18-14-20(27)15-23(28)26(18)34-17-25(33)30-21-6-8-22(9-7-21)32-12-10-31(11-13-32)16-19-4-2-3-5-24(19)29/h2-9,14-15H,10-13,16-17H2,1H3,(H,30,33). The molecular weight excluding hydrogens is 582 g/mol. The second-order valence-corrected chi connectivity index (χ2v) is 10.4. The smallest absolute Gasteiger partial charge is 0.262 e. The number of hydrogen-bond donors (Lipinski definition) is 1. The predicted molar refractivity (Wildman–Crippen MR) is 146 cm³/mol. The van der Waals surface area contributed by atoms with E-state index in [0.29, 0.717) is 5.75 Å². The fraction of sp³-hybridized carbons (Fsp3) is 0.269. The van der Waals surface area contributed by atoms with E-state index in [2.05, 4.69) is 65.2 Å². The maximum Gasteiger partial charge on any atom is 0.262 e. The molecule has 3 aromatic carbocycles. The highest BCUT2D eigenvalue weighted by molar-refractivity contribution is 9.11. The summed E-state index contributed by atoms with van der Waals surface area (Å²) in [6.45, 7) is 6.61. The van der Waals surface area contributed by atoms with Crippen molar-refractivity contribution in [1.29, 1.82) is 0 Å². The fourth-order valence-electron chi connectivity index (χ4n) is 3.99. The first kappa shape index (κ1) is 25.0. The highest BCUT2D eigenvalue weighted by Gasteiger charge is 2.18. The van der Waals surface area contributed by atoms with Crippen molar-refractivity contribution in [1.82, 2.24) is 4.90 Å². The molecule has 0 bridgehead atoms. The number of amides is 1. The zero-order valence-corrected chi connectivity index (χ0v) is 22.8. The molecule has 0 saturated carbocycles. The van der Waals surface area contributed by atoms with Gasteiger partial charge in [-0.2, -0.15) is 0 Å². The molecule has 34 heavy (non-hydrogen) atoms. The van der Waals surface area contributed by atoms with Gasteiger partial charge in [0.25, 0.3) is 5.91 Å². The summed E-state index contributed by atoms with van der Waals surface area (Å²) in [7, 11) is 0. The average Bonchev–Trinajstić information content (AvgIpc) is 2.81. The lowest BCUT2D eigenvalue weighted by atomic mass is 10.2. The Labute approximate surface area is 222 Å². The van der Waals surface area contributed by atoms with Crippen LogP contribution in [0.25, 0.3) is 0 Å². The van der Waals surface area contributed by atoms with Gasteiger partial charge < -0.3 is 15.0 Å². The van der Waals surface area contributed by atoms with E-state index in [4.69, 9.17) is 16.3 Å². The Balaban J connectivity index is 1.26. The number of nitrogens with zero attached hydrogens (tertiary/aromatic N) is 2. The lowest BCUT2D eigenvalue weighted by Crippen LogP contribution is -2.46. The van der Waals surface area contributed by atoms with Crippen molar-refractivity contribution >= 4 is 60.7 Å². The Morgan fingerprint density at radius 2 is 1.74 bits per heavy atom. The fourth-order valence-corrected chi connectivity index (χ4v) is 5.74. The summed E-state index contributed by atoms with van der Waals surface area (Å²) in [5.74, 6) is 0.470. The summed E-state index contributed by atoms with van der Waals surface area (Å²) in [6, 6.07) is 19.9. The van der Waals surface area contributed by atoms with Crippen LogP contribution >= 0.6 is 43.5 Å². The number of rotatable bonds is 7. The molecule has 0 spiro atoms. The van der Waals surface area contributed by atoms with Crippen molar-refractivity contribution in [2.24, 2.45) is 0 Å². The Hall–Kier alpha value is -2.06. The van der Waals surface area contributed by atoms with Crippen molar-refractivity contribution in [3.8, 4) is 5.75 Å². The van der Waals surface area contributed by atoms with Crippen molar-refractivity contribution in [3.05, 3.63) is 85.8 Å². The van der Waals surface area contributed by atoms with Crippen LogP contribution in [0.3, 0.4) is 0 Å². The molecule has 4 rings (SSSR count). The first-order valence-electron chi connectivity index (χ1n) is 11.1. The summed E-state index contributed by atoms with van der Waals surface area (Å²) in [6.07, 6.45) is 0. The van der Waals surface area contributed by atoms with Crippen LogP contribution in [-0.2, 0) is 11.3 Å². The van der Waals surface area contributed by atoms with Gasteiger partial charge in [-0.15, -0.1) is 0 Å². The van der Waals surface area contributed by atoms with Crippen LogP contribution in [-0.4, -0.2) is 43.6 Å². The highest BCUT2D eigenvalue weighted by atomic mass is 79.9. The summed E-state index contributed by atoms with van der Waals surface area (Å²) in [4.78, 5) is 17.2. The molecule has 178 valence electrons. The zero-order chi connectivity index (χ0) is 24.1. The summed E-state index contributed by atoms with van der Waals surface area (Å²) >= 11 is 13.2. The molecule has 1 aliphatic heterocycles. The first-order valence-corrected chi connectivity index (χ1v) is 13.0. The first-order chi connectivity index (χ1) is 16.4. The maximum absolute atomic E-state index is 12.4. The Bertz CT molecular complexity index is 1130. The summed E-state index contributed by atoms with van der Waals surface area (Å²) < 4.78 is 7.50. The van der Waals surface area contributed by atoms with E-state index >= 15 is 0 Å². The number of nitrogens with one attached hydrogen (secondary N) is 1. The maximum atomic E-state index is 12.4. The van der Waals surface area contributed by atoms with Crippen LogP contribution in [0.2, 0.25) is 5.02 Å². The molecule has 5 nitrogen and oxygen atoms in total. The van der Waals surface area contributed by atoms with E-state index in [1.807, 2.05) is 49.4 Å². The minimum atomic E-state index is -0.199. The molecule has 1 aliphatic rings. The Morgan fingerprint density at radius 1 is 1.03 bits per heavy atom. The number of halogens is 3. The van der Waals surface area contributed by atoms with E-state index in [0.717, 1.165) is 63.6 Å². The molecule has 0 aromatic heterocycles. The van der Waals surface area contributed by atoms with Gasteiger partial charge in [0.15, 0.2) is 6.61 Å². The molecule has 3 aromatic rings. The quantitative estimate of drug-likeness (QED) is 0.333. The molecule has 1 heterocycles. The molecule has 0 radical (unpaired) electrons. The monoisotopic (exact) mass is 605 g/mol. The molecule has 0 aliphatic carbocycles. The SMILES string of the molecule is Cc1cc(Br)cc(Br)c1OCC(=O)Nc1ccc(N2CCN(Cc3ccccc3Cl)CC2)cc1. The number of carbonyl (C=O) groups is 1. The van der Waals surface area contributed by atoms with Gasteiger partial charge in [-0.05, 0) is 76.4 Å². The van der Waals surface area contributed by atoms with Gasteiger partial charge in [0.1, 0.15) is 5.75 Å². The van der Waals surface area contributed by atoms with E-state index in [9.17, 15) is 4.79 Å². The second kappa shape index (κ2) is 11.6. The highest BCUT2D eigenvalue weighted by Crippen LogP contribution is 2.32. The van der Waals surface area contributed by atoms with E-state index in [1.54, 1.807) is 0 Å². The van der Waals surface area contributed by atoms with Gasteiger partial charge in [0.2, 0.25) is 0 Å². The van der Waals surface area contributed by atoms with Gasteiger partial charge in [0, 0.05) is 53.6 Å². The topological polar surface area (TPSA) is 44.8 Å². The Morgan fingerprint density at radius 3 is 2.41 bits per heavy atom. The normalized spacial score (nSPS) is 14.2. The number of piperazine rings is 1. The minimum absolute atomic E-state index is 0.0593. The van der Waals surface area contributed by atoms with Crippen molar-refractivity contribution in [2.45, 2.75) is 13.5 Å². The third-order valence-electron chi connectivity index (χ3n) is 5.78. The molecular formula is C26H26Br2ClN3O2. The lowest BCUT2D eigenvalue weighted by Gasteiger charge is -2.36. The Kier molecular flexibility index (Phi) is 8.53. The third-order valence-corrected chi connectivity index (χ3v) is 7.20. The number of anilines is 2. The van der Waals surface area contributed by atoms with Gasteiger partial charge in [0.05, 0.1) is 4.47 Å². The third kappa shape index (κ3) is 6.54. The van der Waals surface area contributed by atoms with Crippen molar-refractivity contribution < 1.29 is 9.53 Å². The zero-order valence-electron chi connectivity index (χ0n) is 18.9. The molecule has 1 fully saturated rings. The largest absolute Gasteiger partial charge is 0.482 e. The molecule has 1 saturated heterocycles. The van der Waals surface area contributed by atoms with Crippen molar-refractivity contribution in [3.63, 3.8) is 0 Å².